The molecule has 0 fully saturated rings. The topological polar surface area (TPSA) is 38.0 Å². The molecule has 3 rings (SSSR count). The van der Waals surface area contributed by atoms with E-state index in [0.29, 0.717) is 6.54 Å². The molecule has 1 unspecified atom stereocenters. The zero-order valence-electron chi connectivity index (χ0n) is 11.7. The standard InChI is InChI=1S/C17H18N2O/c1-12-13(2)19(11-18-12)10-17(20)16-9-5-7-14-6-3-4-8-15(14)16/h3-9,11,17,20H,10H2,1-2H3. The number of imidazole rings is 1. The normalized spacial score (nSPS) is 12.8. The number of aromatic nitrogens is 2. The third-order valence-electron chi connectivity index (χ3n) is 3.90. The van der Waals surface area contributed by atoms with Crippen molar-refractivity contribution < 1.29 is 5.11 Å². The van der Waals surface area contributed by atoms with Gasteiger partial charge in [0, 0.05) is 5.69 Å². The Bertz CT molecular complexity index is 740. The van der Waals surface area contributed by atoms with Crippen molar-refractivity contribution in [3.05, 3.63) is 65.7 Å². The van der Waals surface area contributed by atoms with Gasteiger partial charge in [-0.1, -0.05) is 42.5 Å². The molecular weight excluding hydrogens is 248 g/mol. The Morgan fingerprint density at radius 1 is 1.10 bits per heavy atom. The van der Waals surface area contributed by atoms with E-state index in [4.69, 9.17) is 0 Å². The lowest BCUT2D eigenvalue weighted by molar-refractivity contribution is 0.157. The van der Waals surface area contributed by atoms with Gasteiger partial charge in [0.2, 0.25) is 0 Å². The van der Waals surface area contributed by atoms with E-state index in [2.05, 4.69) is 23.2 Å². The van der Waals surface area contributed by atoms with Crippen LogP contribution in [0.1, 0.15) is 23.1 Å². The molecule has 0 spiro atoms. The van der Waals surface area contributed by atoms with Crippen molar-refractivity contribution in [3.63, 3.8) is 0 Å². The molecule has 1 atom stereocenters. The van der Waals surface area contributed by atoms with Crippen molar-refractivity contribution in [2.24, 2.45) is 0 Å². The molecule has 0 aliphatic carbocycles. The molecule has 1 heterocycles. The van der Waals surface area contributed by atoms with Gasteiger partial charge in [0.05, 0.1) is 24.7 Å². The van der Waals surface area contributed by atoms with Crippen LogP contribution in [0.4, 0.5) is 0 Å². The number of hydrogen-bond donors (Lipinski definition) is 1. The smallest absolute Gasteiger partial charge is 0.0975 e. The highest BCUT2D eigenvalue weighted by Gasteiger charge is 2.13. The first kappa shape index (κ1) is 12.9. The van der Waals surface area contributed by atoms with Crippen molar-refractivity contribution in [3.8, 4) is 0 Å². The molecule has 3 nitrogen and oxygen atoms in total. The van der Waals surface area contributed by atoms with E-state index < -0.39 is 6.10 Å². The second kappa shape index (κ2) is 5.10. The van der Waals surface area contributed by atoms with Gasteiger partial charge in [0.15, 0.2) is 0 Å². The van der Waals surface area contributed by atoms with Gasteiger partial charge >= 0.3 is 0 Å². The highest BCUT2D eigenvalue weighted by molar-refractivity contribution is 5.85. The van der Waals surface area contributed by atoms with E-state index in [1.54, 1.807) is 6.33 Å². The van der Waals surface area contributed by atoms with Crippen LogP contribution in [0.3, 0.4) is 0 Å². The summed E-state index contributed by atoms with van der Waals surface area (Å²) in [6.07, 6.45) is 1.26. The summed E-state index contributed by atoms with van der Waals surface area (Å²) in [5, 5.41) is 12.8. The number of fused-ring (bicyclic) bond motifs is 1. The first-order chi connectivity index (χ1) is 9.66. The van der Waals surface area contributed by atoms with Crippen LogP contribution < -0.4 is 0 Å². The Hall–Kier alpha value is -2.13. The van der Waals surface area contributed by atoms with Gasteiger partial charge in [0.25, 0.3) is 0 Å². The Balaban J connectivity index is 1.97. The van der Waals surface area contributed by atoms with Crippen LogP contribution in [0.5, 0.6) is 0 Å². The Morgan fingerprint density at radius 3 is 2.60 bits per heavy atom. The highest BCUT2D eigenvalue weighted by Crippen LogP contribution is 2.25. The molecule has 2 aromatic carbocycles. The summed E-state index contributed by atoms with van der Waals surface area (Å²) < 4.78 is 2.00. The second-order valence-corrected chi connectivity index (χ2v) is 5.15. The molecule has 20 heavy (non-hydrogen) atoms. The minimum absolute atomic E-state index is 0.528. The van der Waals surface area contributed by atoms with Crippen LogP contribution in [0.2, 0.25) is 0 Å². The van der Waals surface area contributed by atoms with Gasteiger partial charge in [-0.2, -0.15) is 0 Å². The predicted molar refractivity (Wildman–Crippen MR) is 80.6 cm³/mol. The molecule has 3 heteroatoms. The van der Waals surface area contributed by atoms with Gasteiger partial charge in [-0.3, -0.25) is 0 Å². The lowest BCUT2D eigenvalue weighted by atomic mass is 10.0. The van der Waals surface area contributed by atoms with Crippen LogP contribution in [-0.4, -0.2) is 14.7 Å². The fourth-order valence-electron chi connectivity index (χ4n) is 2.55. The average Bonchev–Trinajstić information content (AvgIpc) is 2.78. The number of aliphatic hydroxyl groups excluding tert-OH is 1. The van der Waals surface area contributed by atoms with E-state index in [1.165, 1.54) is 0 Å². The SMILES string of the molecule is Cc1ncn(CC(O)c2cccc3ccccc23)c1C. The summed E-state index contributed by atoms with van der Waals surface area (Å²) in [4.78, 5) is 4.28. The number of aryl methyl sites for hydroxylation is 1. The maximum absolute atomic E-state index is 10.6. The first-order valence-corrected chi connectivity index (χ1v) is 6.81. The molecule has 1 aromatic heterocycles. The number of rotatable bonds is 3. The minimum Gasteiger partial charge on any atom is -0.387 e. The van der Waals surface area contributed by atoms with Crippen LogP contribution >= 0.6 is 0 Å². The third kappa shape index (κ3) is 2.21. The Kier molecular flexibility index (Phi) is 3.28. The van der Waals surface area contributed by atoms with E-state index in [0.717, 1.165) is 27.7 Å². The van der Waals surface area contributed by atoms with E-state index in [9.17, 15) is 5.11 Å². The lowest BCUT2D eigenvalue weighted by Crippen LogP contribution is -2.09. The molecule has 0 radical (unpaired) electrons. The summed E-state index contributed by atoms with van der Waals surface area (Å²) in [7, 11) is 0. The third-order valence-corrected chi connectivity index (χ3v) is 3.90. The van der Waals surface area contributed by atoms with Gasteiger partial charge in [0.1, 0.15) is 0 Å². The van der Waals surface area contributed by atoms with Crippen molar-refractivity contribution >= 4 is 10.8 Å². The van der Waals surface area contributed by atoms with E-state index >= 15 is 0 Å². The summed E-state index contributed by atoms with van der Waals surface area (Å²) in [5.74, 6) is 0. The Morgan fingerprint density at radius 2 is 1.85 bits per heavy atom. The zero-order chi connectivity index (χ0) is 14.1. The monoisotopic (exact) mass is 266 g/mol. The average molecular weight is 266 g/mol. The summed E-state index contributed by atoms with van der Waals surface area (Å²) in [5.41, 5.74) is 3.08. The molecular formula is C17H18N2O. The molecule has 0 aliphatic rings. The van der Waals surface area contributed by atoms with Crippen LogP contribution in [-0.2, 0) is 6.54 Å². The van der Waals surface area contributed by atoms with E-state index in [-0.39, 0.29) is 0 Å². The van der Waals surface area contributed by atoms with Crippen LogP contribution in [0, 0.1) is 13.8 Å². The van der Waals surface area contributed by atoms with Crippen molar-refractivity contribution in [1.82, 2.24) is 9.55 Å². The van der Waals surface area contributed by atoms with Gasteiger partial charge in [-0.05, 0) is 30.2 Å². The molecule has 0 saturated carbocycles. The van der Waals surface area contributed by atoms with Gasteiger partial charge < -0.3 is 9.67 Å². The number of nitrogens with zero attached hydrogens (tertiary/aromatic N) is 2. The molecule has 0 bridgehead atoms. The molecule has 0 saturated heterocycles. The molecule has 1 N–H and O–H groups in total. The fraction of sp³-hybridized carbons (Fsp3) is 0.235. The number of aliphatic hydroxyl groups is 1. The van der Waals surface area contributed by atoms with Crippen molar-refractivity contribution in [2.75, 3.05) is 0 Å². The predicted octanol–water partition coefficient (Wildman–Crippen LogP) is 3.39. The summed E-state index contributed by atoms with van der Waals surface area (Å²) in [6.45, 7) is 4.54. The van der Waals surface area contributed by atoms with E-state index in [1.807, 2.05) is 42.7 Å². The quantitative estimate of drug-likeness (QED) is 0.789. The highest BCUT2D eigenvalue weighted by atomic mass is 16.3. The second-order valence-electron chi connectivity index (χ2n) is 5.15. The first-order valence-electron chi connectivity index (χ1n) is 6.81. The molecule has 3 aromatic rings. The van der Waals surface area contributed by atoms with Crippen molar-refractivity contribution in [2.45, 2.75) is 26.5 Å². The largest absolute Gasteiger partial charge is 0.387 e. The fourth-order valence-corrected chi connectivity index (χ4v) is 2.55. The molecule has 0 aliphatic heterocycles. The molecule has 102 valence electrons. The Labute approximate surface area is 118 Å². The summed E-state index contributed by atoms with van der Waals surface area (Å²) >= 11 is 0. The van der Waals surface area contributed by atoms with Crippen LogP contribution in [0.15, 0.2) is 48.8 Å². The zero-order valence-corrected chi connectivity index (χ0v) is 11.7. The number of hydrogen-bond acceptors (Lipinski definition) is 2. The lowest BCUT2D eigenvalue weighted by Gasteiger charge is -2.15. The summed E-state index contributed by atoms with van der Waals surface area (Å²) in [6, 6.07) is 14.2. The van der Waals surface area contributed by atoms with Crippen LogP contribution in [0.25, 0.3) is 10.8 Å². The number of benzene rings is 2. The minimum atomic E-state index is -0.534. The van der Waals surface area contributed by atoms with Gasteiger partial charge in [-0.15, -0.1) is 0 Å². The maximum atomic E-state index is 10.6. The maximum Gasteiger partial charge on any atom is 0.0975 e. The van der Waals surface area contributed by atoms with Crippen molar-refractivity contribution in [1.29, 1.82) is 0 Å². The van der Waals surface area contributed by atoms with Gasteiger partial charge in [-0.25, -0.2) is 4.98 Å². The molecule has 0 amide bonds.